The fourth-order valence-corrected chi connectivity index (χ4v) is 10.1. The fraction of sp³-hybridized carbons (Fsp3) is 0.544. The van der Waals surface area contributed by atoms with Gasteiger partial charge in [-0.3, -0.25) is 4.79 Å². The number of carbonyl (C=O) groups is 1. The molecule has 0 bridgehead atoms. The molecule has 0 saturated carbocycles. The summed E-state index contributed by atoms with van der Waals surface area (Å²) in [4.78, 5) is 13.8. The Morgan fingerprint density at radius 3 is 1.53 bits per heavy atom. The molecule has 1 fully saturated rings. The lowest BCUT2D eigenvalue weighted by Crippen LogP contribution is -2.62. The van der Waals surface area contributed by atoms with Crippen molar-refractivity contribution in [2.24, 2.45) is 0 Å². The highest BCUT2D eigenvalue weighted by Crippen LogP contribution is 2.32. The minimum atomic E-state index is -1.31. The number of benzene rings is 5. The standard InChI is InChI=1S/C68H95NO10/c1-3-5-7-8-9-10-11-12-13-14-15-31-47-74-59-45-43-54(44-46-59)32-29-30-42-63(71)69-60(64(72)61(70)41-20-6-4-2)52-78-68-67(77-51-58-39-27-19-28-40-58)66(76-50-57-37-25-18-26-38-57)65(75-49-56-35-23-17-24-36-56)62(79-68)53-73-48-55-33-21-16-22-34-55/h16-19,21-28,33-40,43-46,60-62,64-68,70,72H,3-15,20,29-32,41-42,47-53H2,1-2H3,(H,69,71)/t60-,61+,62?,64-,65?,66?,67?,68?/m0/s1. The van der Waals surface area contributed by atoms with E-state index in [1.54, 1.807) is 0 Å². The average Bonchev–Trinajstić information content (AvgIpc) is 3.57. The second kappa shape index (κ2) is 38.7. The van der Waals surface area contributed by atoms with E-state index in [2.05, 4.69) is 31.3 Å². The molecule has 1 aliphatic rings. The van der Waals surface area contributed by atoms with Gasteiger partial charge in [0.15, 0.2) is 6.29 Å². The Bertz CT molecular complexity index is 2270. The van der Waals surface area contributed by atoms with Gasteiger partial charge in [-0.1, -0.05) is 237 Å². The molecule has 79 heavy (non-hydrogen) atoms. The maximum Gasteiger partial charge on any atom is 0.220 e. The normalized spacial score (nSPS) is 18.5. The second-order valence-corrected chi connectivity index (χ2v) is 21.5. The Balaban J connectivity index is 1.09. The van der Waals surface area contributed by atoms with Crippen molar-refractivity contribution in [2.45, 2.75) is 218 Å². The SMILES string of the molecule is CCCCCCCCCCCCCCOc1ccc(CCCCC(=O)N[C@@H](COC2OC(COCc3ccccc3)C(OCc3ccccc3)C(OCc3ccccc3)C2OCc2ccccc2)[C@H](O)[C@H](O)CCCCC)cc1. The van der Waals surface area contributed by atoms with E-state index in [1.807, 2.05) is 133 Å². The molecule has 5 aromatic rings. The van der Waals surface area contributed by atoms with Gasteiger partial charge in [0.05, 0.1) is 58.4 Å². The molecule has 432 valence electrons. The number of carbonyl (C=O) groups excluding carboxylic acids is 1. The van der Waals surface area contributed by atoms with Gasteiger partial charge in [0.25, 0.3) is 0 Å². The van der Waals surface area contributed by atoms with E-state index in [9.17, 15) is 15.0 Å². The van der Waals surface area contributed by atoms with Crippen molar-refractivity contribution < 1.29 is 48.2 Å². The lowest BCUT2D eigenvalue weighted by atomic mass is 9.97. The van der Waals surface area contributed by atoms with Gasteiger partial charge in [-0.2, -0.15) is 0 Å². The number of hydrogen-bond donors (Lipinski definition) is 3. The number of amides is 1. The Morgan fingerprint density at radius 1 is 0.506 bits per heavy atom. The van der Waals surface area contributed by atoms with Crippen LogP contribution in [-0.2, 0) is 66.1 Å². The zero-order valence-electron chi connectivity index (χ0n) is 47.7. The molecule has 5 aromatic carbocycles. The number of aryl methyl sites for hydroxylation is 1. The van der Waals surface area contributed by atoms with Crippen LogP contribution in [0.2, 0.25) is 0 Å². The van der Waals surface area contributed by atoms with Gasteiger partial charge in [-0.05, 0) is 72.1 Å². The van der Waals surface area contributed by atoms with Crippen molar-refractivity contribution in [3.8, 4) is 5.75 Å². The summed E-state index contributed by atoms with van der Waals surface area (Å²) in [6, 6.07) is 47.1. The van der Waals surface area contributed by atoms with Crippen LogP contribution in [0, 0.1) is 0 Å². The van der Waals surface area contributed by atoms with Crippen molar-refractivity contribution in [1.29, 1.82) is 0 Å². The summed E-state index contributed by atoms with van der Waals surface area (Å²) in [5.41, 5.74) is 5.10. The van der Waals surface area contributed by atoms with Crippen molar-refractivity contribution in [2.75, 3.05) is 19.8 Å². The van der Waals surface area contributed by atoms with Gasteiger partial charge in [-0.25, -0.2) is 0 Å². The molecule has 6 rings (SSSR count). The van der Waals surface area contributed by atoms with E-state index in [0.29, 0.717) is 19.4 Å². The number of unbranched alkanes of at least 4 members (excludes halogenated alkanes) is 14. The monoisotopic (exact) mass is 1090 g/mol. The van der Waals surface area contributed by atoms with Gasteiger partial charge in [0, 0.05) is 6.42 Å². The van der Waals surface area contributed by atoms with E-state index in [-0.39, 0.29) is 45.4 Å². The number of aliphatic hydroxyl groups is 2. The summed E-state index contributed by atoms with van der Waals surface area (Å²) in [6.07, 6.45) is 14.9. The van der Waals surface area contributed by atoms with Crippen LogP contribution in [0.5, 0.6) is 5.75 Å². The smallest absolute Gasteiger partial charge is 0.220 e. The maximum atomic E-state index is 13.8. The number of aliphatic hydroxyl groups excluding tert-OH is 2. The third kappa shape index (κ3) is 24.8. The molecule has 0 aliphatic carbocycles. The molecule has 1 amide bonds. The lowest BCUT2D eigenvalue weighted by molar-refractivity contribution is -0.330. The Labute approximate surface area is 474 Å². The van der Waals surface area contributed by atoms with Crippen molar-refractivity contribution in [1.82, 2.24) is 5.32 Å². The summed E-state index contributed by atoms with van der Waals surface area (Å²) in [7, 11) is 0. The molecule has 1 saturated heterocycles. The van der Waals surface area contributed by atoms with Crippen LogP contribution in [-0.4, -0.2) is 84.9 Å². The van der Waals surface area contributed by atoms with E-state index in [0.717, 1.165) is 73.1 Å². The summed E-state index contributed by atoms with van der Waals surface area (Å²) < 4.78 is 46.7. The molecule has 3 N–H and O–H groups in total. The minimum absolute atomic E-state index is 0.140. The van der Waals surface area contributed by atoms with Gasteiger partial charge in [0.2, 0.25) is 5.91 Å². The predicted molar refractivity (Wildman–Crippen MR) is 314 cm³/mol. The molecule has 11 nitrogen and oxygen atoms in total. The van der Waals surface area contributed by atoms with Gasteiger partial charge in [0.1, 0.15) is 36.3 Å². The summed E-state index contributed by atoms with van der Waals surface area (Å²) >= 11 is 0. The summed E-state index contributed by atoms with van der Waals surface area (Å²) in [6.45, 7) is 6.16. The van der Waals surface area contributed by atoms with Crippen LogP contribution >= 0.6 is 0 Å². The summed E-state index contributed by atoms with van der Waals surface area (Å²) in [5.74, 6) is 0.656. The molecule has 8 atom stereocenters. The molecule has 0 radical (unpaired) electrons. The van der Waals surface area contributed by atoms with Crippen LogP contribution in [0.1, 0.15) is 164 Å². The molecule has 1 aliphatic heterocycles. The van der Waals surface area contributed by atoms with Crippen LogP contribution in [0.15, 0.2) is 146 Å². The van der Waals surface area contributed by atoms with Crippen LogP contribution in [0.3, 0.4) is 0 Å². The van der Waals surface area contributed by atoms with E-state index < -0.39 is 49.0 Å². The Kier molecular flexibility index (Phi) is 30.9. The Morgan fingerprint density at radius 2 is 0.987 bits per heavy atom. The number of ether oxygens (including phenoxy) is 7. The van der Waals surface area contributed by atoms with E-state index >= 15 is 0 Å². The topological polar surface area (TPSA) is 134 Å². The van der Waals surface area contributed by atoms with Crippen molar-refractivity contribution in [3.05, 3.63) is 173 Å². The zero-order chi connectivity index (χ0) is 55.4. The molecule has 0 aromatic heterocycles. The average molecular weight is 1090 g/mol. The molecular formula is C68H95NO10. The Hall–Kier alpha value is -4.95. The molecule has 0 spiro atoms. The predicted octanol–water partition coefficient (Wildman–Crippen LogP) is 14.0. The highest BCUT2D eigenvalue weighted by molar-refractivity contribution is 5.76. The third-order valence-electron chi connectivity index (χ3n) is 14.8. The van der Waals surface area contributed by atoms with E-state index in [1.165, 1.54) is 76.2 Å². The minimum Gasteiger partial charge on any atom is -0.494 e. The molecule has 1 heterocycles. The first-order valence-corrected chi connectivity index (χ1v) is 30.1. The number of hydrogen-bond acceptors (Lipinski definition) is 10. The summed E-state index contributed by atoms with van der Waals surface area (Å²) in [5, 5.41) is 26.3. The van der Waals surface area contributed by atoms with Crippen molar-refractivity contribution >= 4 is 5.91 Å². The van der Waals surface area contributed by atoms with Crippen LogP contribution in [0.25, 0.3) is 0 Å². The molecule has 5 unspecified atom stereocenters. The van der Waals surface area contributed by atoms with Crippen molar-refractivity contribution in [3.63, 3.8) is 0 Å². The zero-order valence-corrected chi connectivity index (χ0v) is 47.7. The lowest BCUT2D eigenvalue weighted by Gasteiger charge is -2.46. The molecule has 11 heteroatoms. The van der Waals surface area contributed by atoms with E-state index in [4.69, 9.17) is 33.2 Å². The molecular weight excluding hydrogens is 991 g/mol. The number of rotatable bonds is 42. The van der Waals surface area contributed by atoms with Gasteiger partial charge in [-0.15, -0.1) is 0 Å². The number of nitrogens with one attached hydrogen (secondary N) is 1. The fourth-order valence-electron chi connectivity index (χ4n) is 10.1. The maximum absolute atomic E-state index is 13.8. The second-order valence-electron chi connectivity index (χ2n) is 21.5. The first kappa shape index (κ1) is 63.2. The highest BCUT2D eigenvalue weighted by atomic mass is 16.7. The largest absolute Gasteiger partial charge is 0.494 e. The third-order valence-corrected chi connectivity index (χ3v) is 14.8. The first-order valence-electron chi connectivity index (χ1n) is 30.1. The van der Waals surface area contributed by atoms with Gasteiger partial charge < -0.3 is 48.7 Å². The van der Waals surface area contributed by atoms with Crippen LogP contribution in [0.4, 0.5) is 0 Å². The van der Waals surface area contributed by atoms with Crippen LogP contribution < -0.4 is 10.1 Å². The van der Waals surface area contributed by atoms with Gasteiger partial charge >= 0.3 is 0 Å². The first-order chi connectivity index (χ1) is 38.9. The highest BCUT2D eigenvalue weighted by Gasteiger charge is 2.49. The quantitative estimate of drug-likeness (QED) is 0.0324.